The SMILES string of the molecule is CCN(CC(=O)Nc1c(Cl)cccc1Cl)C(=O)c1cc(OC)c(Br)c(OC)c1. The van der Waals surface area contributed by atoms with E-state index in [1.54, 1.807) is 37.3 Å². The first-order valence-electron chi connectivity index (χ1n) is 8.27. The number of likely N-dealkylation sites (N-methyl/N-ethyl adjacent to an activating group) is 1. The average molecular weight is 490 g/mol. The summed E-state index contributed by atoms with van der Waals surface area (Å²) in [6.45, 7) is 1.93. The first kappa shape index (κ1) is 22.3. The van der Waals surface area contributed by atoms with E-state index in [9.17, 15) is 9.59 Å². The molecule has 0 aliphatic carbocycles. The summed E-state index contributed by atoms with van der Waals surface area (Å²) < 4.78 is 11.1. The summed E-state index contributed by atoms with van der Waals surface area (Å²) in [5.74, 6) is 0.144. The van der Waals surface area contributed by atoms with Crippen molar-refractivity contribution >= 4 is 56.6 Å². The van der Waals surface area contributed by atoms with Crippen LogP contribution in [0.1, 0.15) is 17.3 Å². The highest BCUT2D eigenvalue weighted by atomic mass is 79.9. The lowest BCUT2D eigenvalue weighted by Gasteiger charge is -2.22. The lowest BCUT2D eigenvalue weighted by molar-refractivity contribution is -0.116. The Balaban J connectivity index is 2.21. The number of rotatable bonds is 7. The summed E-state index contributed by atoms with van der Waals surface area (Å²) in [4.78, 5) is 26.7. The highest BCUT2D eigenvalue weighted by Crippen LogP contribution is 2.36. The molecule has 6 nitrogen and oxygen atoms in total. The number of ether oxygens (including phenoxy) is 2. The molecular formula is C19H19BrCl2N2O4. The van der Waals surface area contributed by atoms with Crippen molar-refractivity contribution in [3.05, 3.63) is 50.4 Å². The summed E-state index contributed by atoms with van der Waals surface area (Å²) in [6, 6.07) is 8.08. The minimum atomic E-state index is -0.416. The number of hydrogen-bond acceptors (Lipinski definition) is 4. The fraction of sp³-hybridized carbons (Fsp3) is 0.263. The molecule has 2 rings (SSSR count). The van der Waals surface area contributed by atoms with Gasteiger partial charge < -0.3 is 19.7 Å². The van der Waals surface area contributed by atoms with Gasteiger partial charge in [0, 0.05) is 12.1 Å². The molecule has 0 saturated carbocycles. The topological polar surface area (TPSA) is 67.9 Å². The standard InChI is InChI=1S/C19H19BrCl2N2O4/c1-4-24(10-16(25)23-18-12(21)6-5-7-13(18)22)19(26)11-8-14(27-2)17(20)15(9-11)28-3/h5-9H,4,10H2,1-3H3,(H,23,25). The predicted molar refractivity (Wildman–Crippen MR) is 114 cm³/mol. The second-order valence-corrected chi connectivity index (χ2v) is 7.27. The maximum Gasteiger partial charge on any atom is 0.254 e. The number of amides is 2. The number of nitrogens with one attached hydrogen (secondary N) is 1. The van der Waals surface area contributed by atoms with Crippen LogP contribution in [0.15, 0.2) is 34.8 Å². The molecule has 1 N–H and O–H groups in total. The monoisotopic (exact) mass is 488 g/mol. The van der Waals surface area contributed by atoms with Crippen LogP contribution in [0.4, 0.5) is 5.69 Å². The highest BCUT2D eigenvalue weighted by molar-refractivity contribution is 9.10. The largest absolute Gasteiger partial charge is 0.495 e. The van der Waals surface area contributed by atoms with Crippen LogP contribution in [0.2, 0.25) is 10.0 Å². The molecule has 28 heavy (non-hydrogen) atoms. The van der Waals surface area contributed by atoms with Gasteiger partial charge in [0.2, 0.25) is 5.91 Å². The van der Waals surface area contributed by atoms with Crippen molar-refractivity contribution in [2.24, 2.45) is 0 Å². The van der Waals surface area contributed by atoms with Crippen molar-refractivity contribution in [2.75, 3.05) is 32.6 Å². The Hall–Kier alpha value is -1.96. The molecule has 0 radical (unpaired) electrons. The molecule has 0 spiro atoms. The van der Waals surface area contributed by atoms with Crippen LogP contribution in [0.25, 0.3) is 0 Å². The van der Waals surface area contributed by atoms with Gasteiger partial charge >= 0.3 is 0 Å². The van der Waals surface area contributed by atoms with Gasteiger partial charge in [0.05, 0.1) is 30.0 Å². The molecule has 2 amide bonds. The van der Waals surface area contributed by atoms with Gasteiger partial charge in [-0.15, -0.1) is 0 Å². The molecule has 150 valence electrons. The van der Waals surface area contributed by atoms with E-state index in [4.69, 9.17) is 32.7 Å². The van der Waals surface area contributed by atoms with Gasteiger partial charge in [-0.2, -0.15) is 0 Å². The minimum Gasteiger partial charge on any atom is -0.495 e. The highest BCUT2D eigenvalue weighted by Gasteiger charge is 2.21. The average Bonchev–Trinajstić information content (AvgIpc) is 2.68. The second-order valence-electron chi connectivity index (χ2n) is 5.66. The first-order chi connectivity index (χ1) is 13.3. The van der Waals surface area contributed by atoms with Gasteiger partial charge in [-0.3, -0.25) is 9.59 Å². The molecule has 0 aliphatic rings. The summed E-state index contributed by atoms with van der Waals surface area (Å²) in [5, 5.41) is 3.28. The Morgan fingerprint density at radius 2 is 1.64 bits per heavy atom. The number of benzene rings is 2. The zero-order valence-electron chi connectivity index (χ0n) is 15.5. The van der Waals surface area contributed by atoms with Crippen molar-refractivity contribution < 1.29 is 19.1 Å². The van der Waals surface area contributed by atoms with E-state index >= 15 is 0 Å². The van der Waals surface area contributed by atoms with Gasteiger partial charge in [-0.25, -0.2) is 0 Å². The number of halogens is 3. The van der Waals surface area contributed by atoms with Crippen molar-refractivity contribution in [1.82, 2.24) is 4.90 Å². The van der Waals surface area contributed by atoms with Gasteiger partial charge in [-0.05, 0) is 47.1 Å². The number of carbonyl (C=O) groups is 2. The van der Waals surface area contributed by atoms with E-state index in [0.29, 0.717) is 43.8 Å². The number of hydrogen-bond donors (Lipinski definition) is 1. The van der Waals surface area contributed by atoms with Crippen molar-refractivity contribution in [3.8, 4) is 11.5 Å². The van der Waals surface area contributed by atoms with Crippen LogP contribution in [-0.2, 0) is 4.79 Å². The summed E-state index contributed by atoms with van der Waals surface area (Å²) in [5.41, 5.74) is 0.647. The van der Waals surface area contributed by atoms with E-state index in [2.05, 4.69) is 21.2 Å². The summed E-state index contributed by atoms with van der Waals surface area (Å²) >= 11 is 15.5. The van der Waals surface area contributed by atoms with E-state index < -0.39 is 5.91 Å². The third-order valence-corrected chi connectivity index (χ3v) is 5.33. The molecule has 0 fully saturated rings. The lowest BCUT2D eigenvalue weighted by Crippen LogP contribution is -2.38. The summed E-state index contributed by atoms with van der Waals surface area (Å²) in [7, 11) is 2.98. The maximum absolute atomic E-state index is 12.9. The van der Waals surface area contributed by atoms with Crippen molar-refractivity contribution in [1.29, 1.82) is 0 Å². The third kappa shape index (κ3) is 5.10. The Morgan fingerprint density at radius 1 is 1.11 bits per heavy atom. The molecule has 2 aromatic carbocycles. The van der Waals surface area contributed by atoms with Crippen LogP contribution in [0.3, 0.4) is 0 Å². The minimum absolute atomic E-state index is 0.169. The molecule has 0 saturated heterocycles. The predicted octanol–water partition coefficient (Wildman–Crippen LogP) is 4.87. The fourth-order valence-electron chi connectivity index (χ4n) is 2.47. The lowest BCUT2D eigenvalue weighted by atomic mass is 10.1. The zero-order valence-corrected chi connectivity index (χ0v) is 18.6. The quantitative estimate of drug-likeness (QED) is 0.602. The van der Waals surface area contributed by atoms with Crippen LogP contribution in [-0.4, -0.2) is 44.0 Å². The summed E-state index contributed by atoms with van der Waals surface area (Å²) in [6.07, 6.45) is 0. The molecule has 2 aromatic rings. The normalized spacial score (nSPS) is 10.4. The van der Waals surface area contributed by atoms with Gasteiger partial charge in [0.15, 0.2) is 0 Å². The van der Waals surface area contributed by atoms with Gasteiger partial charge in [0.1, 0.15) is 22.5 Å². The van der Waals surface area contributed by atoms with Crippen LogP contribution >= 0.6 is 39.1 Å². The van der Waals surface area contributed by atoms with E-state index in [1.807, 2.05) is 0 Å². The van der Waals surface area contributed by atoms with Crippen LogP contribution in [0.5, 0.6) is 11.5 Å². The van der Waals surface area contributed by atoms with E-state index in [1.165, 1.54) is 19.1 Å². The van der Waals surface area contributed by atoms with Gasteiger partial charge in [0.25, 0.3) is 5.91 Å². The number of methoxy groups -OCH3 is 2. The molecule has 0 aliphatic heterocycles. The number of carbonyl (C=O) groups excluding carboxylic acids is 2. The van der Waals surface area contributed by atoms with Gasteiger partial charge in [-0.1, -0.05) is 29.3 Å². The third-order valence-electron chi connectivity index (χ3n) is 3.92. The molecule has 0 heterocycles. The van der Waals surface area contributed by atoms with Crippen LogP contribution in [0, 0.1) is 0 Å². The Kier molecular flexibility index (Phi) is 7.98. The first-order valence-corrected chi connectivity index (χ1v) is 9.81. The zero-order chi connectivity index (χ0) is 20.8. The number of anilines is 1. The van der Waals surface area contributed by atoms with E-state index in [-0.39, 0.29) is 12.5 Å². The molecule has 0 atom stereocenters. The molecule has 0 unspecified atom stereocenters. The Labute approximate surface area is 181 Å². The number of nitrogens with zero attached hydrogens (tertiary/aromatic N) is 1. The molecule has 0 aromatic heterocycles. The Morgan fingerprint density at radius 3 is 2.11 bits per heavy atom. The smallest absolute Gasteiger partial charge is 0.254 e. The fourth-order valence-corrected chi connectivity index (χ4v) is 3.52. The number of para-hydroxylation sites is 1. The van der Waals surface area contributed by atoms with E-state index in [0.717, 1.165) is 0 Å². The molecule has 0 bridgehead atoms. The Bertz CT molecular complexity index is 847. The molecular weight excluding hydrogens is 471 g/mol. The van der Waals surface area contributed by atoms with Crippen molar-refractivity contribution in [3.63, 3.8) is 0 Å². The maximum atomic E-state index is 12.9. The van der Waals surface area contributed by atoms with Crippen molar-refractivity contribution in [2.45, 2.75) is 6.92 Å². The molecule has 9 heteroatoms. The second kappa shape index (κ2) is 10.0. The van der Waals surface area contributed by atoms with Crippen LogP contribution < -0.4 is 14.8 Å².